The van der Waals surface area contributed by atoms with Gasteiger partial charge in [-0.2, -0.15) is 0 Å². The van der Waals surface area contributed by atoms with E-state index < -0.39 is 17.8 Å². The predicted molar refractivity (Wildman–Crippen MR) is 113 cm³/mol. The molecule has 2 fully saturated rings. The molecule has 0 aromatic heterocycles. The van der Waals surface area contributed by atoms with Gasteiger partial charge in [-0.25, -0.2) is 9.69 Å². The standard InChI is InChI=1S/C22H20ClN3O3/c1-14-4-7-16(23)13-19(14)26-21(28)18(20(27)24-22(26)29)12-15-5-8-17(9-6-15)25-10-2-3-11-25/h4-9,12-13H,2-3,10-11H2,1H3,(H,24,27,29)/b18-12+. The number of nitrogens with zero attached hydrogens (tertiary/aromatic N) is 2. The fourth-order valence-corrected chi connectivity index (χ4v) is 3.79. The van der Waals surface area contributed by atoms with Crippen LogP contribution < -0.4 is 15.1 Å². The van der Waals surface area contributed by atoms with Gasteiger partial charge >= 0.3 is 6.03 Å². The van der Waals surface area contributed by atoms with Crippen LogP contribution in [0, 0.1) is 6.92 Å². The van der Waals surface area contributed by atoms with Crippen LogP contribution in [-0.4, -0.2) is 30.9 Å². The number of carbonyl (C=O) groups excluding carboxylic acids is 3. The van der Waals surface area contributed by atoms with Crippen molar-refractivity contribution in [3.63, 3.8) is 0 Å². The quantitative estimate of drug-likeness (QED) is 0.616. The van der Waals surface area contributed by atoms with Gasteiger partial charge in [-0.1, -0.05) is 29.8 Å². The van der Waals surface area contributed by atoms with Crippen LogP contribution in [0.5, 0.6) is 0 Å². The van der Waals surface area contributed by atoms with Gasteiger partial charge in [0.2, 0.25) is 0 Å². The largest absolute Gasteiger partial charge is 0.372 e. The number of carbonyl (C=O) groups is 3. The Kier molecular flexibility index (Phi) is 5.11. The van der Waals surface area contributed by atoms with Crippen molar-refractivity contribution in [3.8, 4) is 0 Å². The molecule has 0 atom stereocenters. The van der Waals surface area contributed by atoms with Gasteiger partial charge in [0.05, 0.1) is 5.69 Å². The summed E-state index contributed by atoms with van der Waals surface area (Å²) in [6, 6.07) is 11.8. The first-order chi connectivity index (χ1) is 13.9. The summed E-state index contributed by atoms with van der Waals surface area (Å²) < 4.78 is 0. The number of hydrogen-bond donors (Lipinski definition) is 1. The third-order valence-electron chi connectivity index (χ3n) is 5.19. The van der Waals surface area contributed by atoms with Crippen LogP contribution >= 0.6 is 11.6 Å². The lowest BCUT2D eigenvalue weighted by molar-refractivity contribution is -0.122. The molecule has 4 rings (SSSR count). The highest BCUT2D eigenvalue weighted by Crippen LogP contribution is 2.28. The fraction of sp³-hybridized carbons (Fsp3) is 0.227. The molecule has 2 aliphatic heterocycles. The summed E-state index contributed by atoms with van der Waals surface area (Å²) in [6.07, 6.45) is 3.88. The molecule has 2 saturated heterocycles. The minimum Gasteiger partial charge on any atom is -0.372 e. The predicted octanol–water partition coefficient (Wildman–Crippen LogP) is 3.92. The van der Waals surface area contributed by atoms with Crippen molar-refractivity contribution in [2.24, 2.45) is 0 Å². The van der Waals surface area contributed by atoms with Gasteiger partial charge in [0.25, 0.3) is 11.8 Å². The average Bonchev–Trinajstić information content (AvgIpc) is 3.23. The van der Waals surface area contributed by atoms with E-state index in [9.17, 15) is 14.4 Å². The van der Waals surface area contributed by atoms with Crippen molar-refractivity contribution in [3.05, 3.63) is 64.2 Å². The van der Waals surface area contributed by atoms with Crippen LogP contribution in [0.25, 0.3) is 6.08 Å². The molecule has 1 N–H and O–H groups in total. The number of halogens is 1. The maximum atomic E-state index is 13.0. The lowest BCUT2D eigenvalue weighted by atomic mass is 10.1. The van der Waals surface area contributed by atoms with Gasteiger partial charge in [-0.15, -0.1) is 0 Å². The first-order valence-electron chi connectivity index (χ1n) is 9.46. The molecular weight excluding hydrogens is 390 g/mol. The first-order valence-corrected chi connectivity index (χ1v) is 9.84. The molecule has 2 aliphatic rings. The average molecular weight is 410 g/mol. The van der Waals surface area contributed by atoms with Crippen LogP contribution in [0.1, 0.15) is 24.0 Å². The molecule has 6 nitrogen and oxygen atoms in total. The number of aryl methyl sites for hydroxylation is 1. The van der Waals surface area contributed by atoms with Crippen LogP contribution in [0.4, 0.5) is 16.2 Å². The summed E-state index contributed by atoms with van der Waals surface area (Å²) in [6.45, 7) is 3.85. The number of imide groups is 2. The second kappa shape index (κ2) is 7.72. The Hall–Kier alpha value is -3.12. The molecule has 7 heteroatoms. The smallest absolute Gasteiger partial charge is 0.335 e. The van der Waals surface area contributed by atoms with E-state index in [1.807, 2.05) is 24.3 Å². The maximum Gasteiger partial charge on any atom is 0.335 e. The first kappa shape index (κ1) is 19.2. The van der Waals surface area contributed by atoms with Gasteiger partial charge < -0.3 is 4.90 Å². The summed E-state index contributed by atoms with van der Waals surface area (Å²) in [5, 5.41) is 2.63. The Labute approximate surface area is 173 Å². The molecule has 4 amide bonds. The molecule has 0 unspecified atom stereocenters. The minimum absolute atomic E-state index is 0.0992. The Morgan fingerprint density at radius 3 is 2.38 bits per heavy atom. The zero-order valence-electron chi connectivity index (χ0n) is 15.9. The number of hydrogen-bond acceptors (Lipinski definition) is 4. The highest BCUT2D eigenvalue weighted by atomic mass is 35.5. The van der Waals surface area contributed by atoms with Crippen molar-refractivity contribution in [1.29, 1.82) is 0 Å². The summed E-state index contributed by atoms with van der Waals surface area (Å²) in [4.78, 5) is 41.0. The molecule has 0 saturated carbocycles. The van der Waals surface area contributed by atoms with Crippen molar-refractivity contribution < 1.29 is 14.4 Å². The van der Waals surface area contributed by atoms with E-state index in [1.165, 1.54) is 25.0 Å². The number of nitrogens with one attached hydrogen (secondary N) is 1. The summed E-state index contributed by atoms with van der Waals surface area (Å²) in [7, 11) is 0. The number of rotatable bonds is 3. The Morgan fingerprint density at radius 1 is 1.00 bits per heavy atom. The second-order valence-electron chi connectivity index (χ2n) is 7.17. The Morgan fingerprint density at radius 2 is 1.69 bits per heavy atom. The normalized spacial score (nSPS) is 18.6. The molecule has 0 radical (unpaired) electrons. The van der Waals surface area contributed by atoms with Crippen LogP contribution in [0.3, 0.4) is 0 Å². The molecular formula is C22H20ClN3O3. The van der Waals surface area contributed by atoms with Crippen molar-refractivity contribution in [2.45, 2.75) is 19.8 Å². The van der Waals surface area contributed by atoms with Gasteiger partial charge in [0.1, 0.15) is 5.57 Å². The van der Waals surface area contributed by atoms with E-state index in [0.717, 1.165) is 23.7 Å². The fourth-order valence-electron chi connectivity index (χ4n) is 3.62. The minimum atomic E-state index is -0.785. The number of barbiturate groups is 1. The van der Waals surface area contributed by atoms with Gasteiger partial charge in [0.15, 0.2) is 0 Å². The molecule has 0 spiro atoms. The lowest BCUT2D eigenvalue weighted by Gasteiger charge is -2.27. The van der Waals surface area contributed by atoms with Crippen molar-refractivity contribution >= 4 is 46.9 Å². The van der Waals surface area contributed by atoms with E-state index in [2.05, 4.69) is 10.2 Å². The highest BCUT2D eigenvalue weighted by Gasteiger charge is 2.37. The number of anilines is 2. The van der Waals surface area contributed by atoms with E-state index in [-0.39, 0.29) is 5.57 Å². The summed E-state index contributed by atoms with van der Waals surface area (Å²) >= 11 is 6.04. The SMILES string of the molecule is Cc1ccc(Cl)cc1N1C(=O)NC(=O)/C(=C\c2ccc(N3CCCC3)cc2)C1=O. The summed E-state index contributed by atoms with van der Waals surface area (Å²) in [5.74, 6) is -1.38. The summed E-state index contributed by atoms with van der Waals surface area (Å²) in [5.41, 5.74) is 2.78. The van der Waals surface area contributed by atoms with Gasteiger partial charge in [0, 0.05) is 23.8 Å². The monoisotopic (exact) mass is 409 g/mol. The highest BCUT2D eigenvalue weighted by molar-refractivity contribution is 6.39. The van der Waals surface area contributed by atoms with Crippen LogP contribution in [0.15, 0.2) is 48.0 Å². The Balaban J connectivity index is 1.65. The van der Waals surface area contributed by atoms with Crippen molar-refractivity contribution in [2.75, 3.05) is 22.9 Å². The zero-order chi connectivity index (χ0) is 20.5. The van der Waals surface area contributed by atoms with Crippen molar-refractivity contribution in [1.82, 2.24) is 5.32 Å². The Bertz CT molecular complexity index is 1020. The van der Waals surface area contributed by atoms with Gasteiger partial charge in [-0.05, 0) is 61.2 Å². The number of amides is 4. The molecule has 0 aliphatic carbocycles. The molecule has 2 aromatic carbocycles. The lowest BCUT2D eigenvalue weighted by Crippen LogP contribution is -2.54. The maximum absolute atomic E-state index is 13.0. The molecule has 2 heterocycles. The van der Waals surface area contributed by atoms with Gasteiger partial charge in [-0.3, -0.25) is 14.9 Å². The molecule has 29 heavy (non-hydrogen) atoms. The number of benzene rings is 2. The zero-order valence-corrected chi connectivity index (χ0v) is 16.7. The van der Waals surface area contributed by atoms with E-state index in [1.54, 1.807) is 19.1 Å². The molecule has 0 bridgehead atoms. The topological polar surface area (TPSA) is 69.7 Å². The van der Waals surface area contributed by atoms with E-state index >= 15 is 0 Å². The van der Waals surface area contributed by atoms with E-state index in [0.29, 0.717) is 21.8 Å². The molecule has 148 valence electrons. The van der Waals surface area contributed by atoms with E-state index in [4.69, 9.17) is 11.6 Å². The third kappa shape index (κ3) is 3.76. The number of urea groups is 1. The third-order valence-corrected chi connectivity index (χ3v) is 5.42. The van der Waals surface area contributed by atoms with Crippen LogP contribution in [-0.2, 0) is 9.59 Å². The van der Waals surface area contributed by atoms with Crippen LogP contribution in [0.2, 0.25) is 5.02 Å². The molecule has 2 aromatic rings. The second-order valence-corrected chi connectivity index (χ2v) is 7.61.